The molecule has 4 N–H and O–H groups in total. The van der Waals surface area contributed by atoms with E-state index in [-0.39, 0.29) is 30.4 Å². The summed E-state index contributed by atoms with van der Waals surface area (Å²) in [7, 11) is 1.46. The molecular formula is C14H19ClN4O2. The minimum atomic E-state index is -0.357. The van der Waals surface area contributed by atoms with Gasteiger partial charge >= 0.3 is 0 Å². The first kappa shape index (κ1) is 16.8. The third-order valence-corrected chi connectivity index (χ3v) is 2.88. The van der Waals surface area contributed by atoms with E-state index in [2.05, 4.69) is 4.98 Å². The van der Waals surface area contributed by atoms with Gasteiger partial charge in [0, 0.05) is 18.0 Å². The number of rotatable bonds is 3. The molecule has 0 saturated carbocycles. The lowest BCUT2D eigenvalue weighted by Crippen LogP contribution is -2.38. The van der Waals surface area contributed by atoms with E-state index in [4.69, 9.17) is 15.9 Å². The first-order chi connectivity index (χ1) is 9.40. The number of ether oxygens (including phenoxy) is 1. The van der Waals surface area contributed by atoms with Crippen LogP contribution in [0.25, 0.3) is 10.9 Å². The molecule has 0 aliphatic heterocycles. The highest BCUT2D eigenvalue weighted by molar-refractivity contribution is 6.06. The van der Waals surface area contributed by atoms with Gasteiger partial charge in [0.1, 0.15) is 11.4 Å². The van der Waals surface area contributed by atoms with Gasteiger partial charge in [-0.05, 0) is 32.0 Å². The van der Waals surface area contributed by atoms with Crippen LogP contribution in [0.2, 0.25) is 0 Å². The average molecular weight is 311 g/mol. The molecule has 0 fully saturated rings. The Bertz CT molecular complexity index is 666. The monoisotopic (exact) mass is 310 g/mol. The average Bonchev–Trinajstić information content (AvgIpc) is 2.81. The minimum absolute atomic E-state index is 0. The molecule has 21 heavy (non-hydrogen) atoms. The molecular weight excluding hydrogens is 292 g/mol. The molecule has 0 unspecified atom stereocenters. The zero-order valence-corrected chi connectivity index (χ0v) is 13.0. The Morgan fingerprint density at radius 2 is 2.10 bits per heavy atom. The van der Waals surface area contributed by atoms with Gasteiger partial charge in [-0.15, -0.1) is 12.4 Å². The van der Waals surface area contributed by atoms with E-state index in [0.29, 0.717) is 5.69 Å². The topological polar surface area (TPSA) is 95.2 Å². The van der Waals surface area contributed by atoms with E-state index in [1.807, 2.05) is 32.0 Å². The number of nitrogens with two attached hydrogens (primary N) is 1. The van der Waals surface area contributed by atoms with Gasteiger partial charge in [-0.2, -0.15) is 0 Å². The zero-order valence-electron chi connectivity index (χ0n) is 12.1. The molecule has 1 aromatic carbocycles. The maximum atomic E-state index is 12.1. The maximum Gasteiger partial charge on any atom is 0.276 e. The molecule has 0 aliphatic rings. The number of aromatic nitrogens is 1. The van der Waals surface area contributed by atoms with Crippen molar-refractivity contribution in [2.75, 3.05) is 7.05 Å². The molecule has 2 aromatic rings. The molecule has 2 rings (SSSR count). The van der Waals surface area contributed by atoms with E-state index in [9.17, 15) is 4.79 Å². The molecule has 7 heteroatoms. The number of nitrogens with zero attached hydrogens (tertiary/aromatic N) is 1. The summed E-state index contributed by atoms with van der Waals surface area (Å²) in [5.74, 6) is 0.0646. The van der Waals surface area contributed by atoms with E-state index in [0.717, 1.165) is 21.6 Å². The Hall–Kier alpha value is -2.21. The number of aromatic amines is 1. The lowest BCUT2D eigenvalue weighted by Gasteiger charge is -2.12. The number of carbonyl (C=O) groups is 1. The van der Waals surface area contributed by atoms with E-state index >= 15 is 0 Å². The summed E-state index contributed by atoms with van der Waals surface area (Å²) in [5, 5.41) is 8.13. The molecule has 0 spiro atoms. The van der Waals surface area contributed by atoms with Gasteiger partial charge < -0.3 is 15.5 Å². The third kappa shape index (κ3) is 3.46. The van der Waals surface area contributed by atoms with Crippen LogP contribution < -0.4 is 10.5 Å². The van der Waals surface area contributed by atoms with Gasteiger partial charge in [0.15, 0.2) is 5.96 Å². The summed E-state index contributed by atoms with van der Waals surface area (Å²) in [6.07, 6.45) is 0.0505. The second-order valence-electron chi connectivity index (χ2n) is 4.82. The van der Waals surface area contributed by atoms with Crippen molar-refractivity contribution in [3.8, 4) is 5.75 Å². The quantitative estimate of drug-likeness (QED) is 0.600. The number of guanidine groups is 1. The highest BCUT2D eigenvalue weighted by Crippen LogP contribution is 2.27. The normalized spacial score (nSPS) is 10.3. The van der Waals surface area contributed by atoms with Crippen molar-refractivity contribution < 1.29 is 9.53 Å². The predicted molar refractivity (Wildman–Crippen MR) is 85.3 cm³/mol. The Balaban J connectivity index is 0.00000220. The Labute approximate surface area is 129 Å². The molecule has 1 amide bonds. The van der Waals surface area contributed by atoms with Crippen LogP contribution in [0.4, 0.5) is 0 Å². The maximum absolute atomic E-state index is 12.1. The number of amides is 1. The molecule has 0 atom stereocenters. The van der Waals surface area contributed by atoms with Gasteiger partial charge in [-0.1, -0.05) is 6.07 Å². The molecule has 0 bridgehead atoms. The van der Waals surface area contributed by atoms with Crippen LogP contribution in [0.15, 0.2) is 24.3 Å². The van der Waals surface area contributed by atoms with Gasteiger partial charge in [-0.3, -0.25) is 15.1 Å². The van der Waals surface area contributed by atoms with Crippen LogP contribution in [0.3, 0.4) is 0 Å². The summed E-state index contributed by atoms with van der Waals surface area (Å²) >= 11 is 0. The number of benzene rings is 1. The standard InChI is InChI=1S/C14H18N4O2.ClH/c1-8(2)20-12-6-4-5-10-9(12)7-11(17-10)13(19)18(3)14(15)16;/h4-8,17H,1-3H3,(H3,15,16);1H. The zero-order chi connectivity index (χ0) is 14.9. The van der Waals surface area contributed by atoms with Crippen molar-refractivity contribution >= 4 is 35.2 Å². The first-order valence-corrected chi connectivity index (χ1v) is 6.30. The summed E-state index contributed by atoms with van der Waals surface area (Å²) in [6, 6.07) is 7.31. The van der Waals surface area contributed by atoms with Gasteiger partial charge in [0.25, 0.3) is 5.91 Å². The van der Waals surface area contributed by atoms with Crippen molar-refractivity contribution in [2.24, 2.45) is 5.73 Å². The molecule has 0 radical (unpaired) electrons. The summed E-state index contributed by atoms with van der Waals surface area (Å²) in [6.45, 7) is 3.89. The van der Waals surface area contributed by atoms with Crippen LogP contribution in [0.1, 0.15) is 24.3 Å². The molecule has 114 valence electrons. The first-order valence-electron chi connectivity index (χ1n) is 6.30. The Morgan fingerprint density at radius 3 is 2.67 bits per heavy atom. The van der Waals surface area contributed by atoms with E-state index in [1.165, 1.54) is 7.05 Å². The minimum Gasteiger partial charge on any atom is -0.490 e. The van der Waals surface area contributed by atoms with Crippen LogP contribution in [-0.2, 0) is 0 Å². The fraction of sp³-hybridized carbons (Fsp3) is 0.286. The molecule has 6 nitrogen and oxygen atoms in total. The predicted octanol–water partition coefficient (Wildman–Crippen LogP) is 2.34. The smallest absolute Gasteiger partial charge is 0.276 e. The van der Waals surface area contributed by atoms with Crippen LogP contribution >= 0.6 is 12.4 Å². The van der Waals surface area contributed by atoms with Crippen molar-refractivity contribution in [3.05, 3.63) is 30.0 Å². The molecule has 0 saturated heterocycles. The fourth-order valence-electron chi connectivity index (χ4n) is 1.89. The van der Waals surface area contributed by atoms with Gasteiger partial charge in [-0.25, -0.2) is 0 Å². The van der Waals surface area contributed by atoms with E-state index in [1.54, 1.807) is 6.07 Å². The highest BCUT2D eigenvalue weighted by Gasteiger charge is 2.17. The largest absolute Gasteiger partial charge is 0.490 e. The number of carbonyl (C=O) groups excluding carboxylic acids is 1. The number of H-pyrrole nitrogens is 1. The Kier molecular flexibility index (Phi) is 5.21. The van der Waals surface area contributed by atoms with Gasteiger partial charge in [0.2, 0.25) is 0 Å². The third-order valence-electron chi connectivity index (χ3n) is 2.88. The number of nitrogens with one attached hydrogen (secondary N) is 2. The lowest BCUT2D eigenvalue weighted by molar-refractivity contribution is 0.0864. The number of hydrogen-bond donors (Lipinski definition) is 3. The molecule has 0 aliphatic carbocycles. The number of hydrogen-bond acceptors (Lipinski definition) is 3. The SMILES string of the molecule is CC(C)Oc1cccc2[nH]c(C(=O)N(C)C(=N)N)cc12.Cl. The second-order valence-corrected chi connectivity index (χ2v) is 4.82. The molecule has 1 aromatic heterocycles. The lowest BCUT2D eigenvalue weighted by atomic mass is 10.2. The summed E-state index contributed by atoms with van der Waals surface area (Å²) < 4.78 is 5.72. The highest BCUT2D eigenvalue weighted by atomic mass is 35.5. The van der Waals surface area contributed by atoms with E-state index < -0.39 is 0 Å². The fourth-order valence-corrected chi connectivity index (χ4v) is 1.89. The molecule has 1 heterocycles. The Morgan fingerprint density at radius 1 is 1.43 bits per heavy atom. The van der Waals surface area contributed by atoms with Crippen molar-refractivity contribution in [1.82, 2.24) is 9.88 Å². The van der Waals surface area contributed by atoms with Crippen molar-refractivity contribution in [1.29, 1.82) is 5.41 Å². The summed E-state index contributed by atoms with van der Waals surface area (Å²) in [4.78, 5) is 16.2. The van der Waals surface area contributed by atoms with Crippen molar-refractivity contribution in [3.63, 3.8) is 0 Å². The van der Waals surface area contributed by atoms with Crippen LogP contribution in [-0.4, -0.2) is 34.9 Å². The van der Waals surface area contributed by atoms with Crippen LogP contribution in [0, 0.1) is 5.41 Å². The second kappa shape index (κ2) is 6.49. The number of halogens is 1. The summed E-state index contributed by atoms with van der Waals surface area (Å²) in [5.41, 5.74) is 6.50. The van der Waals surface area contributed by atoms with Crippen LogP contribution in [0.5, 0.6) is 5.75 Å². The number of fused-ring (bicyclic) bond motifs is 1. The van der Waals surface area contributed by atoms with Gasteiger partial charge in [0.05, 0.1) is 6.10 Å². The van der Waals surface area contributed by atoms with Crippen molar-refractivity contribution in [2.45, 2.75) is 20.0 Å².